The lowest BCUT2D eigenvalue weighted by molar-refractivity contribution is 0.301. The third-order valence-corrected chi connectivity index (χ3v) is 5.86. The monoisotopic (exact) mass is 327 g/mol. The number of aromatic nitrogens is 2. The second-order valence-electron chi connectivity index (χ2n) is 7.31. The predicted octanol–water partition coefficient (Wildman–Crippen LogP) is 3.67. The maximum Gasteiger partial charge on any atom is 0.237 e. The average molecular weight is 327 g/mol. The van der Waals surface area contributed by atoms with Gasteiger partial charge in [0.15, 0.2) is 5.82 Å². The summed E-state index contributed by atoms with van der Waals surface area (Å²) in [6.45, 7) is 0. The van der Waals surface area contributed by atoms with E-state index in [4.69, 9.17) is 20.0 Å². The summed E-state index contributed by atoms with van der Waals surface area (Å²) >= 11 is 0. The van der Waals surface area contributed by atoms with E-state index in [2.05, 4.69) is 17.3 Å². The topological polar surface area (TPSA) is 74.2 Å². The molecule has 0 atom stereocenters. The molecule has 2 aliphatic carbocycles. The summed E-state index contributed by atoms with van der Waals surface area (Å²) in [6.07, 6.45) is 8.56. The molecule has 128 valence electrons. The fourth-order valence-electron chi connectivity index (χ4n) is 4.37. The molecular weight excluding hydrogens is 302 g/mol. The molecule has 0 amide bonds. The number of hydrogen-bond donors (Lipinski definition) is 1. The van der Waals surface area contributed by atoms with Crippen molar-refractivity contribution in [2.75, 3.05) is 7.11 Å². The van der Waals surface area contributed by atoms with E-state index >= 15 is 0 Å². The molecule has 0 spiro atoms. The van der Waals surface area contributed by atoms with Crippen LogP contribution in [0.1, 0.15) is 68.6 Å². The first-order valence-electron chi connectivity index (χ1n) is 8.94. The highest BCUT2D eigenvalue weighted by molar-refractivity contribution is 5.39. The van der Waals surface area contributed by atoms with Crippen molar-refractivity contribution in [1.82, 2.24) is 10.1 Å². The van der Waals surface area contributed by atoms with E-state index in [1.807, 2.05) is 12.1 Å². The molecule has 1 aromatic heterocycles. The number of rotatable bonds is 4. The van der Waals surface area contributed by atoms with Gasteiger partial charge >= 0.3 is 0 Å². The molecule has 0 saturated heterocycles. The van der Waals surface area contributed by atoms with Crippen molar-refractivity contribution in [2.24, 2.45) is 5.73 Å². The van der Waals surface area contributed by atoms with Crippen LogP contribution in [0.4, 0.5) is 0 Å². The van der Waals surface area contributed by atoms with Crippen LogP contribution in [0, 0.1) is 0 Å². The molecule has 2 aromatic rings. The summed E-state index contributed by atoms with van der Waals surface area (Å²) in [7, 11) is 1.70. The molecule has 2 aliphatic rings. The maximum absolute atomic E-state index is 6.51. The number of nitrogens with zero attached hydrogens (tertiary/aromatic N) is 2. The van der Waals surface area contributed by atoms with Gasteiger partial charge in [-0.15, -0.1) is 0 Å². The number of benzene rings is 1. The van der Waals surface area contributed by atoms with Gasteiger partial charge in [0.1, 0.15) is 5.75 Å². The lowest BCUT2D eigenvalue weighted by atomic mass is 9.78. The Morgan fingerprint density at radius 1 is 1.08 bits per heavy atom. The summed E-state index contributed by atoms with van der Waals surface area (Å²) in [4.78, 5) is 4.81. The highest BCUT2D eigenvalue weighted by Crippen LogP contribution is 2.47. The molecule has 0 unspecified atom stereocenters. The van der Waals surface area contributed by atoms with Gasteiger partial charge in [-0.1, -0.05) is 43.0 Å². The Morgan fingerprint density at radius 3 is 2.50 bits per heavy atom. The van der Waals surface area contributed by atoms with Gasteiger partial charge in [0.05, 0.1) is 18.1 Å². The molecule has 1 aromatic carbocycles. The van der Waals surface area contributed by atoms with Crippen LogP contribution in [0.3, 0.4) is 0 Å². The fourth-order valence-corrected chi connectivity index (χ4v) is 4.37. The van der Waals surface area contributed by atoms with E-state index in [1.54, 1.807) is 7.11 Å². The van der Waals surface area contributed by atoms with E-state index in [-0.39, 0.29) is 5.41 Å². The minimum Gasteiger partial charge on any atom is -0.497 e. The SMILES string of the molecule is COc1cccc(C2(c3nc(C4(N)CCCC4)no3)CCCC2)c1. The molecule has 2 saturated carbocycles. The van der Waals surface area contributed by atoms with Crippen molar-refractivity contribution in [3.05, 3.63) is 41.5 Å². The highest BCUT2D eigenvalue weighted by atomic mass is 16.5. The van der Waals surface area contributed by atoms with E-state index in [0.717, 1.165) is 50.2 Å². The first-order chi connectivity index (χ1) is 11.7. The van der Waals surface area contributed by atoms with Crippen LogP contribution in [0.5, 0.6) is 5.75 Å². The van der Waals surface area contributed by atoms with Gasteiger partial charge in [-0.2, -0.15) is 4.98 Å². The van der Waals surface area contributed by atoms with Crippen LogP contribution in [0.25, 0.3) is 0 Å². The Hall–Kier alpha value is -1.88. The summed E-state index contributed by atoms with van der Waals surface area (Å²) in [6, 6.07) is 8.25. The Balaban J connectivity index is 1.74. The maximum atomic E-state index is 6.51. The van der Waals surface area contributed by atoms with Crippen molar-refractivity contribution >= 4 is 0 Å². The summed E-state index contributed by atoms with van der Waals surface area (Å²) < 4.78 is 11.2. The van der Waals surface area contributed by atoms with Gasteiger partial charge in [-0.25, -0.2) is 0 Å². The zero-order valence-electron chi connectivity index (χ0n) is 14.3. The van der Waals surface area contributed by atoms with Crippen LogP contribution in [0.15, 0.2) is 28.8 Å². The molecule has 5 heteroatoms. The lowest BCUT2D eigenvalue weighted by Crippen LogP contribution is -2.34. The molecule has 2 fully saturated rings. The second-order valence-corrected chi connectivity index (χ2v) is 7.31. The number of ether oxygens (including phenoxy) is 1. The molecule has 0 radical (unpaired) electrons. The summed E-state index contributed by atoms with van der Waals surface area (Å²) in [5.74, 6) is 2.27. The second kappa shape index (κ2) is 5.88. The van der Waals surface area contributed by atoms with Crippen molar-refractivity contribution in [1.29, 1.82) is 0 Å². The number of methoxy groups -OCH3 is 1. The van der Waals surface area contributed by atoms with E-state index < -0.39 is 5.54 Å². The molecule has 24 heavy (non-hydrogen) atoms. The Morgan fingerprint density at radius 2 is 1.79 bits per heavy atom. The van der Waals surface area contributed by atoms with Crippen molar-refractivity contribution < 1.29 is 9.26 Å². The van der Waals surface area contributed by atoms with E-state index in [0.29, 0.717) is 5.82 Å². The van der Waals surface area contributed by atoms with Crippen LogP contribution < -0.4 is 10.5 Å². The summed E-state index contributed by atoms with van der Waals surface area (Å²) in [5, 5.41) is 4.29. The molecule has 2 N–H and O–H groups in total. The normalized spacial score (nSPS) is 21.9. The molecule has 5 nitrogen and oxygen atoms in total. The third-order valence-electron chi connectivity index (χ3n) is 5.86. The van der Waals surface area contributed by atoms with Gasteiger partial charge in [0.25, 0.3) is 0 Å². The van der Waals surface area contributed by atoms with E-state index in [1.165, 1.54) is 18.4 Å². The van der Waals surface area contributed by atoms with E-state index in [9.17, 15) is 0 Å². The van der Waals surface area contributed by atoms with Gasteiger partial charge in [-0.3, -0.25) is 0 Å². The Labute approximate surface area is 142 Å². The van der Waals surface area contributed by atoms with Gasteiger partial charge in [0, 0.05) is 0 Å². The summed E-state index contributed by atoms with van der Waals surface area (Å²) in [5.41, 5.74) is 7.11. The predicted molar refractivity (Wildman–Crippen MR) is 90.9 cm³/mol. The van der Waals surface area contributed by atoms with Crippen LogP contribution >= 0.6 is 0 Å². The first-order valence-corrected chi connectivity index (χ1v) is 8.94. The quantitative estimate of drug-likeness (QED) is 0.927. The van der Waals surface area contributed by atoms with Gasteiger partial charge < -0.3 is 15.0 Å². The smallest absolute Gasteiger partial charge is 0.237 e. The van der Waals surface area contributed by atoms with Crippen molar-refractivity contribution in [2.45, 2.75) is 62.3 Å². The molecular formula is C19H25N3O2. The Kier molecular flexibility index (Phi) is 3.83. The van der Waals surface area contributed by atoms with Crippen LogP contribution in [0.2, 0.25) is 0 Å². The highest BCUT2D eigenvalue weighted by Gasteiger charge is 2.44. The molecule has 0 bridgehead atoms. The van der Waals surface area contributed by atoms with Crippen molar-refractivity contribution in [3.8, 4) is 5.75 Å². The van der Waals surface area contributed by atoms with Crippen LogP contribution in [-0.2, 0) is 11.0 Å². The largest absolute Gasteiger partial charge is 0.497 e. The minimum atomic E-state index is -0.407. The van der Waals surface area contributed by atoms with Gasteiger partial charge in [0.2, 0.25) is 5.89 Å². The fraction of sp³-hybridized carbons (Fsp3) is 0.579. The molecule has 0 aliphatic heterocycles. The Bertz CT molecular complexity index is 713. The molecule has 1 heterocycles. The first kappa shape index (κ1) is 15.6. The van der Waals surface area contributed by atoms with Crippen molar-refractivity contribution in [3.63, 3.8) is 0 Å². The average Bonchev–Trinajstić information content (AvgIpc) is 3.35. The lowest BCUT2D eigenvalue weighted by Gasteiger charge is -2.25. The third kappa shape index (κ3) is 2.42. The standard InChI is InChI=1S/C19H25N3O2/c1-23-15-8-6-7-14(13-15)18(9-2-3-10-18)17-21-16(22-24-17)19(20)11-4-5-12-19/h6-8,13H,2-5,9-12,20H2,1H3. The number of nitrogens with two attached hydrogens (primary N) is 1. The molecule has 4 rings (SSSR count). The van der Waals surface area contributed by atoms with Gasteiger partial charge in [-0.05, 0) is 43.4 Å². The minimum absolute atomic E-state index is 0.200. The zero-order valence-corrected chi connectivity index (χ0v) is 14.3. The number of hydrogen-bond acceptors (Lipinski definition) is 5. The zero-order chi connectivity index (χ0) is 16.6. The van der Waals surface area contributed by atoms with Crippen LogP contribution in [-0.4, -0.2) is 17.3 Å².